The molecule has 7 aromatic carbocycles. The third-order valence-electron chi connectivity index (χ3n) is 13.5. The van der Waals surface area contributed by atoms with E-state index in [1.807, 2.05) is 24.3 Å². The highest BCUT2D eigenvalue weighted by molar-refractivity contribution is 6.02. The summed E-state index contributed by atoms with van der Waals surface area (Å²) < 4.78 is 12.3. The van der Waals surface area contributed by atoms with Crippen LogP contribution in [0, 0.1) is 0 Å². The largest absolute Gasteiger partial charge is 0.465 e. The van der Waals surface area contributed by atoms with Crippen LogP contribution in [0.4, 0.5) is 0 Å². The first-order valence-electron chi connectivity index (χ1n) is 19.7. The Balaban J connectivity index is 0.888. The van der Waals surface area contributed by atoms with Crippen LogP contribution < -0.4 is 0 Å². The minimum atomic E-state index is -0.454. The van der Waals surface area contributed by atoms with Crippen molar-refractivity contribution in [1.29, 1.82) is 0 Å². The number of rotatable bonds is 7. The number of hydrogen-bond donors (Lipinski definition) is 0. The van der Waals surface area contributed by atoms with Gasteiger partial charge in [0.25, 0.3) is 0 Å². The third kappa shape index (κ3) is 4.51. The SMILES string of the molecule is O=C(CCC(=O)OC1CC23c4ccccc4C(c4ccccc42)C2c4ccccc4C3(C1)c1ccccc12)OCCc1c2ccccc2cc2ccccc12. The van der Waals surface area contributed by atoms with E-state index >= 15 is 0 Å². The van der Waals surface area contributed by atoms with Gasteiger partial charge in [-0.15, -0.1) is 0 Å². The minimum Gasteiger partial charge on any atom is -0.465 e. The van der Waals surface area contributed by atoms with Crippen molar-refractivity contribution >= 4 is 33.5 Å². The van der Waals surface area contributed by atoms with Crippen molar-refractivity contribution in [1.82, 2.24) is 0 Å². The number of esters is 2. The van der Waals surface area contributed by atoms with E-state index < -0.39 is 10.8 Å². The van der Waals surface area contributed by atoms with Crippen LogP contribution in [0.3, 0.4) is 0 Å². The van der Waals surface area contributed by atoms with Gasteiger partial charge in [-0.2, -0.15) is 0 Å². The molecule has 0 heterocycles. The van der Waals surface area contributed by atoms with Gasteiger partial charge in [0.15, 0.2) is 0 Å². The summed E-state index contributed by atoms with van der Waals surface area (Å²) in [6, 6.07) is 55.1. The summed E-state index contributed by atoms with van der Waals surface area (Å²) in [6.07, 6.45) is 1.54. The van der Waals surface area contributed by atoms with E-state index in [1.54, 1.807) is 0 Å². The van der Waals surface area contributed by atoms with Crippen molar-refractivity contribution in [3.63, 3.8) is 0 Å². The van der Waals surface area contributed by atoms with Gasteiger partial charge in [-0.25, -0.2) is 0 Å². The van der Waals surface area contributed by atoms with Gasteiger partial charge in [0.05, 0.1) is 19.4 Å². The first-order valence-corrected chi connectivity index (χ1v) is 19.7. The fourth-order valence-electron chi connectivity index (χ4n) is 11.7. The molecule has 0 amide bonds. The summed E-state index contributed by atoms with van der Waals surface area (Å²) in [4.78, 5) is 26.9. The summed E-state index contributed by atoms with van der Waals surface area (Å²) >= 11 is 0. The Labute approximate surface area is 320 Å². The van der Waals surface area contributed by atoms with Gasteiger partial charge in [0, 0.05) is 29.1 Å². The van der Waals surface area contributed by atoms with Gasteiger partial charge in [-0.05, 0) is 90.5 Å². The number of fused-ring (bicyclic) bond motifs is 2. The van der Waals surface area contributed by atoms with Crippen LogP contribution in [0.15, 0.2) is 152 Å². The maximum atomic E-state index is 13.8. The molecule has 0 aromatic heterocycles. The standard InChI is InChI=1S/C51H40O4/c52-46(54-28-27-37-35-15-3-1-13-32(35)29-33-14-2-4-16-36(33)37)25-26-47(53)55-34-30-50-42-21-9-5-17-38(42)48(39-18-6-10-22-43(39)50)49-40-19-7-11-23-44(40)51(50,31-34)45-24-12-8-20-41(45)49/h1-24,29,34,48-49H,25-28,30-31H2. The molecule has 7 aromatic rings. The number of carbonyl (C=O) groups is 2. The lowest BCUT2D eigenvalue weighted by Gasteiger charge is -2.60. The Morgan fingerprint density at radius 2 is 0.909 bits per heavy atom. The molecule has 0 aliphatic heterocycles. The van der Waals surface area contributed by atoms with Crippen LogP contribution in [0.25, 0.3) is 21.5 Å². The molecule has 0 N–H and O–H groups in total. The van der Waals surface area contributed by atoms with E-state index in [-0.39, 0.29) is 49.3 Å². The van der Waals surface area contributed by atoms with Crippen LogP contribution in [0.1, 0.15) is 87.6 Å². The topological polar surface area (TPSA) is 52.6 Å². The lowest BCUT2D eigenvalue weighted by Crippen LogP contribution is -2.55. The molecule has 0 atom stereocenters. The molecule has 1 saturated carbocycles. The predicted octanol–water partition coefficient (Wildman–Crippen LogP) is 10.4. The lowest BCUT2D eigenvalue weighted by atomic mass is 9.42. The van der Waals surface area contributed by atoms with Crippen molar-refractivity contribution in [2.75, 3.05) is 6.61 Å². The molecule has 55 heavy (non-hydrogen) atoms. The van der Waals surface area contributed by atoms with Gasteiger partial charge < -0.3 is 9.47 Å². The zero-order valence-electron chi connectivity index (χ0n) is 30.5. The molecular weight excluding hydrogens is 677 g/mol. The predicted molar refractivity (Wildman–Crippen MR) is 215 cm³/mol. The molecule has 14 rings (SSSR count). The van der Waals surface area contributed by atoms with Crippen LogP contribution in [0.2, 0.25) is 0 Å². The first-order chi connectivity index (χ1) is 27.1. The van der Waals surface area contributed by atoms with Gasteiger partial charge in [-0.1, -0.05) is 146 Å². The number of carbonyl (C=O) groups excluding carboxylic acids is 2. The van der Waals surface area contributed by atoms with Crippen molar-refractivity contribution < 1.29 is 19.1 Å². The molecule has 2 spiro atoms. The normalized spacial score (nSPS) is 23.5. The van der Waals surface area contributed by atoms with E-state index in [2.05, 4.69) is 127 Å². The zero-order valence-corrected chi connectivity index (χ0v) is 30.5. The Bertz CT molecular complexity index is 2450. The molecule has 1 fully saturated rings. The quantitative estimate of drug-likeness (QED) is 0.122. The summed E-state index contributed by atoms with van der Waals surface area (Å²) in [6.45, 7) is 0.249. The summed E-state index contributed by atoms with van der Waals surface area (Å²) in [5.74, 6) is -0.389. The molecule has 4 nitrogen and oxygen atoms in total. The Hall–Kier alpha value is -6.00. The second-order valence-electron chi connectivity index (χ2n) is 15.9. The van der Waals surface area contributed by atoms with Crippen molar-refractivity contribution in [2.45, 2.75) is 60.9 Å². The molecule has 0 unspecified atom stereocenters. The van der Waals surface area contributed by atoms with Gasteiger partial charge in [0.1, 0.15) is 6.10 Å². The van der Waals surface area contributed by atoms with Crippen LogP contribution in [-0.4, -0.2) is 24.6 Å². The number of ether oxygens (including phenoxy) is 2. The molecular formula is C51H40O4. The van der Waals surface area contributed by atoms with Crippen molar-refractivity contribution in [2.24, 2.45) is 0 Å². The lowest BCUT2D eigenvalue weighted by molar-refractivity contribution is -0.153. The van der Waals surface area contributed by atoms with Crippen molar-refractivity contribution in [3.05, 3.63) is 202 Å². The molecule has 7 aliphatic rings. The van der Waals surface area contributed by atoms with E-state index in [9.17, 15) is 9.59 Å². The zero-order chi connectivity index (χ0) is 36.7. The monoisotopic (exact) mass is 716 g/mol. The molecule has 4 heteroatoms. The second-order valence-corrected chi connectivity index (χ2v) is 15.9. The fraction of sp³-hybridized carbons (Fsp3) is 0.216. The van der Waals surface area contributed by atoms with E-state index in [0.29, 0.717) is 19.3 Å². The van der Waals surface area contributed by atoms with E-state index in [0.717, 1.165) is 0 Å². The highest BCUT2D eigenvalue weighted by Gasteiger charge is 2.69. The summed E-state index contributed by atoms with van der Waals surface area (Å²) in [5.41, 5.74) is 11.2. The van der Waals surface area contributed by atoms with Crippen molar-refractivity contribution in [3.8, 4) is 0 Å². The Kier molecular flexibility index (Phi) is 7.23. The van der Waals surface area contributed by atoms with E-state index in [4.69, 9.17) is 9.47 Å². The smallest absolute Gasteiger partial charge is 0.306 e. The van der Waals surface area contributed by atoms with Gasteiger partial charge >= 0.3 is 11.9 Å². The molecule has 0 saturated heterocycles. The summed E-state index contributed by atoms with van der Waals surface area (Å²) in [5, 5.41) is 4.67. The fourth-order valence-corrected chi connectivity index (χ4v) is 11.7. The highest BCUT2D eigenvalue weighted by Crippen LogP contribution is 2.73. The Morgan fingerprint density at radius 1 is 0.509 bits per heavy atom. The minimum absolute atomic E-state index is 0.0151. The molecule has 268 valence electrons. The molecule has 7 aliphatic carbocycles. The van der Waals surface area contributed by atoms with Crippen LogP contribution >= 0.6 is 0 Å². The van der Waals surface area contributed by atoms with E-state index in [1.165, 1.54) is 71.6 Å². The third-order valence-corrected chi connectivity index (χ3v) is 13.5. The average Bonchev–Trinajstić information content (AvgIpc) is 3.53. The molecule has 0 radical (unpaired) electrons. The summed E-state index contributed by atoms with van der Waals surface area (Å²) in [7, 11) is 0. The Morgan fingerprint density at radius 3 is 1.38 bits per heavy atom. The van der Waals surface area contributed by atoms with Crippen LogP contribution in [0.5, 0.6) is 0 Å². The first kappa shape index (κ1) is 32.4. The number of benzene rings is 7. The maximum Gasteiger partial charge on any atom is 0.306 e. The van der Waals surface area contributed by atoms with Gasteiger partial charge in [0.2, 0.25) is 0 Å². The highest BCUT2D eigenvalue weighted by atomic mass is 16.5. The maximum absolute atomic E-state index is 13.8. The van der Waals surface area contributed by atoms with Crippen LogP contribution in [-0.2, 0) is 36.3 Å². The molecule has 4 bridgehead atoms. The van der Waals surface area contributed by atoms with Gasteiger partial charge in [-0.3, -0.25) is 9.59 Å². The average molecular weight is 717 g/mol. The second kappa shape index (κ2) is 12.3. The number of hydrogen-bond acceptors (Lipinski definition) is 4.